The average molecular weight is 556 g/mol. The minimum absolute atomic E-state index is 0.00736. The van der Waals surface area contributed by atoms with Crippen molar-refractivity contribution in [3.63, 3.8) is 0 Å². The van der Waals surface area contributed by atoms with Crippen LogP contribution in [-0.4, -0.2) is 31.7 Å². The van der Waals surface area contributed by atoms with Crippen LogP contribution in [-0.2, 0) is 4.74 Å². The first-order chi connectivity index (χ1) is 19.9. The lowest BCUT2D eigenvalue weighted by atomic mass is 9.97. The summed E-state index contributed by atoms with van der Waals surface area (Å²) in [5, 5.41) is 0.408. The van der Waals surface area contributed by atoms with Gasteiger partial charge >= 0.3 is 5.97 Å². The Bertz CT molecular complexity index is 1660. The number of esters is 1. The van der Waals surface area contributed by atoms with Crippen LogP contribution >= 0.6 is 0 Å². The van der Waals surface area contributed by atoms with Gasteiger partial charge in [-0.15, -0.1) is 0 Å². The Morgan fingerprint density at radius 2 is 1.68 bits per heavy atom. The molecule has 0 bridgehead atoms. The van der Waals surface area contributed by atoms with Gasteiger partial charge in [0.2, 0.25) is 5.76 Å². The van der Waals surface area contributed by atoms with E-state index in [2.05, 4.69) is 6.92 Å². The number of unbranched alkanes of at least 4 members (excludes halogenated alkanes) is 1. The molecule has 2 heterocycles. The first kappa shape index (κ1) is 28.0. The predicted octanol–water partition coefficient (Wildman–Crippen LogP) is 6.61. The molecular weight excluding hydrogens is 522 g/mol. The molecule has 1 amide bonds. The summed E-state index contributed by atoms with van der Waals surface area (Å²) in [7, 11) is 0. The van der Waals surface area contributed by atoms with Gasteiger partial charge in [-0.05, 0) is 81.3 Å². The van der Waals surface area contributed by atoms with Crippen LogP contribution in [0.25, 0.3) is 11.0 Å². The zero-order valence-corrected chi connectivity index (χ0v) is 23.7. The first-order valence-electron chi connectivity index (χ1n) is 14.0. The van der Waals surface area contributed by atoms with Crippen molar-refractivity contribution in [2.45, 2.75) is 46.6 Å². The number of carbonyl (C=O) groups excluding carboxylic acids is 2. The van der Waals surface area contributed by atoms with E-state index >= 15 is 0 Å². The molecule has 3 aromatic carbocycles. The number of carbonyl (C=O) groups is 2. The van der Waals surface area contributed by atoms with Crippen LogP contribution in [0, 0.1) is 6.92 Å². The van der Waals surface area contributed by atoms with Gasteiger partial charge in [-0.2, -0.15) is 0 Å². The second-order valence-electron chi connectivity index (χ2n) is 9.86. The smallest absolute Gasteiger partial charge is 0.338 e. The molecule has 0 saturated heterocycles. The van der Waals surface area contributed by atoms with Gasteiger partial charge in [-0.1, -0.05) is 31.0 Å². The van der Waals surface area contributed by atoms with Crippen LogP contribution < -0.4 is 19.8 Å². The number of hydrogen-bond acceptors (Lipinski definition) is 7. The monoisotopic (exact) mass is 555 g/mol. The summed E-state index contributed by atoms with van der Waals surface area (Å²) in [4.78, 5) is 41.7. The number of amides is 1. The van der Waals surface area contributed by atoms with Crippen LogP contribution in [0.3, 0.4) is 0 Å². The van der Waals surface area contributed by atoms with Crippen LogP contribution in [0.15, 0.2) is 69.9 Å². The standard InChI is InChI=1S/C33H33NO7/c1-5-8-17-40-26-16-12-22(19-27(26)38-6-2)29-28-30(35)24-18-20(4)9-15-25(24)41-31(28)32(36)34(29)23-13-10-21(11-14-23)33(37)39-7-3/h9-16,18-19,29H,5-8,17H2,1-4H3. The Morgan fingerprint density at radius 1 is 0.902 bits per heavy atom. The fourth-order valence-corrected chi connectivity index (χ4v) is 5.05. The van der Waals surface area contributed by atoms with Gasteiger partial charge in [0, 0.05) is 5.69 Å². The zero-order chi connectivity index (χ0) is 29.1. The highest BCUT2D eigenvalue weighted by Crippen LogP contribution is 2.43. The number of anilines is 1. The van der Waals surface area contributed by atoms with Crippen molar-refractivity contribution in [1.82, 2.24) is 0 Å². The van der Waals surface area contributed by atoms with Gasteiger partial charge in [-0.3, -0.25) is 14.5 Å². The van der Waals surface area contributed by atoms with Crippen LogP contribution in [0.5, 0.6) is 11.5 Å². The molecule has 41 heavy (non-hydrogen) atoms. The molecule has 1 aromatic heterocycles. The maximum Gasteiger partial charge on any atom is 0.338 e. The first-order valence-corrected chi connectivity index (χ1v) is 14.0. The maximum absolute atomic E-state index is 14.0. The second kappa shape index (κ2) is 11.9. The Balaban J connectivity index is 1.68. The van der Waals surface area contributed by atoms with Crippen molar-refractivity contribution >= 4 is 28.5 Å². The largest absolute Gasteiger partial charge is 0.490 e. The summed E-state index contributed by atoms with van der Waals surface area (Å²) in [5.41, 5.74) is 2.76. The van der Waals surface area contributed by atoms with E-state index < -0.39 is 17.9 Å². The molecule has 0 radical (unpaired) electrons. The number of ether oxygens (including phenoxy) is 3. The van der Waals surface area contributed by atoms with E-state index in [1.165, 1.54) is 4.90 Å². The third-order valence-electron chi connectivity index (χ3n) is 7.02. The number of rotatable bonds is 10. The molecule has 1 aliphatic rings. The molecule has 0 spiro atoms. The summed E-state index contributed by atoms with van der Waals surface area (Å²) in [5.74, 6) is 0.215. The fraction of sp³-hybridized carbons (Fsp3) is 0.303. The molecule has 0 N–H and O–H groups in total. The van der Waals surface area contributed by atoms with E-state index in [-0.39, 0.29) is 23.4 Å². The minimum Gasteiger partial charge on any atom is -0.490 e. The molecule has 0 fully saturated rings. The van der Waals surface area contributed by atoms with E-state index in [1.54, 1.807) is 43.3 Å². The highest BCUT2D eigenvalue weighted by molar-refractivity contribution is 6.11. The molecule has 8 nitrogen and oxygen atoms in total. The summed E-state index contributed by atoms with van der Waals surface area (Å²) < 4.78 is 23.1. The van der Waals surface area contributed by atoms with Crippen LogP contribution in [0.4, 0.5) is 5.69 Å². The maximum atomic E-state index is 14.0. The summed E-state index contributed by atoms with van der Waals surface area (Å²) in [6.07, 6.45) is 1.90. The molecule has 0 saturated carbocycles. The van der Waals surface area contributed by atoms with Gasteiger partial charge < -0.3 is 18.6 Å². The zero-order valence-electron chi connectivity index (χ0n) is 23.7. The average Bonchev–Trinajstić information content (AvgIpc) is 3.27. The Labute approximate surface area is 238 Å². The van der Waals surface area contributed by atoms with Crippen LogP contribution in [0.2, 0.25) is 0 Å². The molecule has 212 valence electrons. The molecule has 1 unspecified atom stereocenters. The number of hydrogen-bond donors (Lipinski definition) is 0. The van der Waals surface area contributed by atoms with Gasteiger partial charge in [0.25, 0.3) is 5.91 Å². The van der Waals surface area contributed by atoms with Gasteiger partial charge in [0.05, 0.1) is 42.4 Å². The number of nitrogens with zero attached hydrogens (tertiary/aromatic N) is 1. The highest BCUT2D eigenvalue weighted by Gasteiger charge is 2.44. The fourth-order valence-electron chi connectivity index (χ4n) is 5.05. The van der Waals surface area contributed by atoms with E-state index in [4.69, 9.17) is 18.6 Å². The Morgan fingerprint density at radius 3 is 2.39 bits per heavy atom. The van der Waals surface area contributed by atoms with Crippen molar-refractivity contribution in [1.29, 1.82) is 0 Å². The Hall–Kier alpha value is -4.59. The lowest BCUT2D eigenvalue weighted by Crippen LogP contribution is -2.29. The highest BCUT2D eigenvalue weighted by atomic mass is 16.5. The Kier molecular flexibility index (Phi) is 8.10. The number of fused-ring (bicyclic) bond motifs is 2. The molecule has 4 aromatic rings. The summed E-state index contributed by atoms with van der Waals surface area (Å²) in [6, 6.07) is 16.5. The lowest BCUT2D eigenvalue weighted by molar-refractivity contribution is 0.0526. The number of aryl methyl sites for hydroxylation is 1. The molecule has 0 aliphatic carbocycles. The topological polar surface area (TPSA) is 95.3 Å². The third kappa shape index (κ3) is 5.29. The van der Waals surface area contributed by atoms with E-state index in [0.717, 1.165) is 18.4 Å². The van der Waals surface area contributed by atoms with Crippen molar-refractivity contribution in [2.24, 2.45) is 0 Å². The minimum atomic E-state index is -0.795. The summed E-state index contributed by atoms with van der Waals surface area (Å²) >= 11 is 0. The van der Waals surface area contributed by atoms with Crippen molar-refractivity contribution in [3.05, 3.63) is 98.9 Å². The van der Waals surface area contributed by atoms with Gasteiger partial charge in [-0.25, -0.2) is 4.79 Å². The molecule has 8 heteroatoms. The van der Waals surface area contributed by atoms with Crippen molar-refractivity contribution < 1.29 is 28.2 Å². The molecule has 5 rings (SSSR count). The van der Waals surface area contributed by atoms with E-state index in [9.17, 15) is 14.4 Å². The second-order valence-corrected chi connectivity index (χ2v) is 9.86. The molecule has 1 aliphatic heterocycles. The molecule has 1 atom stereocenters. The molecular formula is C33H33NO7. The summed E-state index contributed by atoms with van der Waals surface area (Å²) in [6.45, 7) is 8.84. The van der Waals surface area contributed by atoms with Crippen molar-refractivity contribution in [2.75, 3.05) is 24.7 Å². The SMILES string of the molecule is CCCCOc1ccc(C2c3c(oc4ccc(C)cc4c3=O)C(=O)N2c2ccc(C(=O)OCC)cc2)cc1OCC. The van der Waals surface area contributed by atoms with Gasteiger partial charge in [0.1, 0.15) is 5.58 Å². The predicted molar refractivity (Wildman–Crippen MR) is 156 cm³/mol. The van der Waals surface area contributed by atoms with Crippen molar-refractivity contribution in [3.8, 4) is 11.5 Å². The van der Waals surface area contributed by atoms with Gasteiger partial charge in [0.15, 0.2) is 16.9 Å². The quantitative estimate of drug-likeness (QED) is 0.161. The third-order valence-corrected chi connectivity index (χ3v) is 7.02. The van der Waals surface area contributed by atoms with E-state index in [0.29, 0.717) is 52.5 Å². The van der Waals surface area contributed by atoms with Crippen LogP contribution in [0.1, 0.15) is 77.3 Å². The van der Waals surface area contributed by atoms with E-state index in [1.807, 2.05) is 38.1 Å². The lowest BCUT2D eigenvalue weighted by Gasteiger charge is -2.26. The number of benzene rings is 3. The normalized spacial score (nSPS) is 14.3.